The Morgan fingerprint density at radius 3 is 2.69 bits per heavy atom. The molecule has 29 heavy (non-hydrogen) atoms. The van der Waals surface area contributed by atoms with Crippen molar-refractivity contribution in [2.45, 2.75) is 25.3 Å². The molecule has 156 valence electrons. The highest BCUT2D eigenvalue weighted by molar-refractivity contribution is 5.86. The first-order valence-electron chi connectivity index (χ1n) is 9.90. The second-order valence-corrected chi connectivity index (χ2v) is 7.57. The Morgan fingerprint density at radius 1 is 1.21 bits per heavy atom. The molecule has 9 heteroatoms. The number of anilines is 1. The van der Waals surface area contributed by atoms with E-state index in [0.717, 1.165) is 44.8 Å². The quantitative estimate of drug-likeness (QED) is 0.733. The maximum Gasteiger partial charge on any atom is 0.272 e. The Labute approximate surface area is 168 Å². The van der Waals surface area contributed by atoms with E-state index in [4.69, 9.17) is 4.74 Å². The fourth-order valence-corrected chi connectivity index (χ4v) is 4.04. The zero-order valence-corrected chi connectivity index (χ0v) is 16.4. The first-order chi connectivity index (χ1) is 14.0. The second-order valence-electron chi connectivity index (χ2n) is 7.57. The summed E-state index contributed by atoms with van der Waals surface area (Å²) in [6.45, 7) is 3.77. The van der Waals surface area contributed by atoms with Crippen LogP contribution < -0.4 is 9.64 Å². The molecular weight excluding hydrogens is 380 g/mol. The summed E-state index contributed by atoms with van der Waals surface area (Å²) in [5.74, 6) is 0.418. The first kappa shape index (κ1) is 19.8. The summed E-state index contributed by atoms with van der Waals surface area (Å²) in [4.78, 5) is 26.5. The molecule has 1 unspecified atom stereocenters. The number of rotatable bonds is 6. The number of piperazine rings is 1. The van der Waals surface area contributed by atoms with Gasteiger partial charge in [0, 0.05) is 57.9 Å². The van der Waals surface area contributed by atoms with Crippen LogP contribution in [0.15, 0.2) is 24.5 Å². The minimum atomic E-state index is -2.55. The molecular formula is C20H25F2N5O2. The summed E-state index contributed by atoms with van der Waals surface area (Å²) in [6, 6.07) is 6.08. The molecule has 2 aliphatic rings. The van der Waals surface area contributed by atoms with Crippen molar-refractivity contribution in [2.75, 3.05) is 51.3 Å². The number of benzene rings is 1. The van der Waals surface area contributed by atoms with Crippen molar-refractivity contribution in [3.63, 3.8) is 0 Å². The summed E-state index contributed by atoms with van der Waals surface area (Å²) in [5.41, 5.74) is 1.67. The summed E-state index contributed by atoms with van der Waals surface area (Å²) < 4.78 is 30.2. The van der Waals surface area contributed by atoms with Crippen LogP contribution in [0.3, 0.4) is 0 Å². The van der Waals surface area contributed by atoms with Gasteiger partial charge in [0.15, 0.2) is 6.61 Å². The van der Waals surface area contributed by atoms with Gasteiger partial charge in [0.1, 0.15) is 6.33 Å². The van der Waals surface area contributed by atoms with Gasteiger partial charge in [0.05, 0.1) is 10.9 Å². The van der Waals surface area contributed by atoms with E-state index in [0.29, 0.717) is 23.4 Å². The van der Waals surface area contributed by atoms with Gasteiger partial charge in [-0.05, 0) is 24.6 Å². The Morgan fingerprint density at radius 2 is 2.00 bits per heavy atom. The van der Waals surface area contributed by atoms with Crippen LogP contribution in [0.4, 0.5) is 14.5 Å². The molecule has 4 rings (SSSR count). The maximum absolute atomic E-state index is 12.5. The highest BCUT2D eigenvalue weighted by atomic mass is 19.3. The summed E-state index contributed by atoms with van der Waals surface area (Å²) in [7, 11) is 1.89. The molecule has 2 fully saturated rings. The van der Waals surface area contributed by atoms with Gasteiger partial charge in [-0.1, -0.05) is 0 Å². The third-order valence-corrected chi connectivity index (χ3v) is 5.77. The third-order valence-electron chi connectivity index (χ3n) is 5.77. The van der Waals surface area contributed by atoms with Crippen molar-refractivity contribution in [2.24, 2.45) is 0 Å². The maximum atomic E-state index is 12.5. The predicted molar refractivity (Wildman–Crippen MR) is 105 cm³/mol. The molecule has 0 aliphatic carbocycles. The summed E-state index contributed by atoms with van der Waals surface area (Å²) >= 11 is 0. The molecule has 0 bridgehead atoms. The van der Waals surface area contributed by atoms with Gasteiger partial charge in [-0.15, -0.1) is 0 Å². The zero-order valence-electron chi connectivity index (χ0n) is 16.4. The van der Waals surface area contributed by atoms with E-state index in [2.05, 4.69) is 19.8 Å². The average molecular weight is 405 g/mol. The molecule has 1 aromatic heterocycles. The van der Waals surface area contributed by atoms with Gasteiger partial charge < -0.3 is 14.5 Å². The Bertz CT molecular complexity index is 873. The molecule has 2 saturated heterocycles. The van der Waals surface area contributed by atoms with Gasteiger partial charge >= 0.3 is 0 Å². The average Bonchev–Trinajstić information content (AvgIpc) is 3.04. The normalized spacial score (nSPS) is 20.8. The predicted octanol–water partition coefficient (Wildman–Crippen LogP) is 2.02. The Kier molecular flexibility index (Phi) is 5.75. The molecule has 1 atom stereocenters. The number of hydrogen-bond acceptors (Lipinski definition) is 6. The molecule has 1 amide bonds. The van der Waals surface area contributed by atoms with Crippen LogP contribution in [-0.4, -0.2) is 84.5 Å². The lowest BCUT2D eigenvalue weighted by molar-refractivity contribution is -0.127. The Hall–Kier alpha value is -2.55. The number of likely N-dealkylation sites (N-methyl/N-ethyl adjacent to an activating group) is 1. The van der Waals surface area contributed by atoms with Crippen LogP contribution in [0, 0.1) is 0 Å². The molecule has 0 spiro atoms. The van der Waals surface area contributed by atoms with Crippen molar-refractivity contribution < 1.29 is 18.3 Å². The van der Waals surface area contributed by atoms with E-state index >= 15 is 0 Å². The number of carbonyl (C=O) groups is 1. The number of amides is 1. The van der Waals surface area contributed by atoms with Gasteiger partial charge in [0.2, 0.25) is 11.8 Å². The van der Waals surface area contributed by atoms with E-state index in [1.807, 2.05) is 30.1 Å². The molecule has 3 heterocycles. The van der Waals surface area contributed by atoms with Crippen LogP contribution in [-0.2, 0) is 4.79 Å². The number of ether oxygens (including phenoxy) is 1. The largest absolute Gasteiger partial charge is 0.471 e. The van der Waals surface area contributed by atoms with Crippen LogP contribution >= 0.6 is 0 Å². The zero-order chi connectivity index (χ0) is 20.4. The van der Waals surface area contributed by atoms with Gasteiger partial charge in [-0.25, -0.2) is 18.7 Å². The number of alkyl halides is 2. The number of halogens is 2. The van der Waals surface area contributed by atoms with E-state index in [-0.39, 0.29) is 11.8 Å². The lowest BCUT2D eigenvalue weighted by Crippen LogP contribution is -2.50. The second kappa shape index (κ2) is 8.44. The topological polar surface area (TPSA) is 61.8 Å². The molecule has 0 N–H and O–H groups in total. The van der Waals surface area contributed by atoms with Crippen molar-refractivity contribution in [1.82, 2.24) is 19.8 Å². The van der Waals surface area contributed by atoms with Crippen molar-refractivity contribution >= 4 is 22.5 Å². The lowest BCUT2D eigenvalue weighted by Gasteiger charge is -2.38. The number of fused-ring (bicyclic) bond motifs is 1. The van der Waals surface area contributed by atoms with Crippen molar-refractivity contribution in [1.29, 1.82) is 0 Å². The first-order valence-corrected chi connectivity index (χ1v) is 9.90. The summed E-state index contributed by atoms with van der Waals surface area (Å²) in [6.07, 6.45) is 0.356. The van der Waals surface area contributed by atoms with E-state index in [9.17, 15) is 13.6 Å². The minimum absolute atomic E-state index is 0.185. The Balaban J connectivity index is 1.41. The van der Waals surface area contributed by atoms with Crippen molar-refractivity contribution in [3.8, 4) is 5.88 Å². The SMILES string of the molecule is CN1C(=O)CCC1CN1CCN(c2ccc3ncnc(OCC(F)F)c3c2)CC1. The lowest BCUT2D eigenvalue weighted by atomic mass is 10.1. The number of likely N-dealkylation sites (tertiary alicyclic amines) is 1. The highest BCUT2D eigenvalue weighted by Gasteiger charge is 2.30. The molecule has 2 aromatic rings. The number of nitrogens with zero attached hydrogens (tertiary/aromatic N) is 5. The van der Waals surface area contributed by atoms with Crippen LogP contribution in [0.5, 0.6) is 5.88 Å². The van der Waals surface area contributed by atoms with Crippen LogP contribution in [0.1, 0.15) is 12.8 Å². The molecule has 2 aliphatic heterocycles. The third kappa shape index (κ3) is 4.39. The molecule has 0 radical (unpaired) electrons. The summed E-state index contributed by atoms with van der Waals surface area (Å²) in [5, 5.41) is 0.638. The van der Waals surface area contributed by atoms with Crippen molar-refractivity contribution in [3.05, 3.63) is 24.5 Å². The van der Waals surface area contributed by atoms with E-state index < -0.39 is 13.0 Å². The number of aromatic nitrogens is 2. The molecule has 0 saturated carbocycles. The number of hydrogen-bond donors (Lipinski definition) is 0. The van der Waals surface area contributed by atoms with Gasteiger partial charge in [-0.2, -0.15) is 0 Å². The molecule has 7 nitrogen and oxygen atoms in total. The molecule has 1 aromatic carbocycles. The standard InChI is InChI=1S/C20H25F2N5O2/c1-25-15(3-5-19(25)28)11-26-6-8-27(9-7-26)14-2-4-17-16(10-14)20(24-13-23-17)29-12-18(21)22/h2,4,10,13,15,18H,3,5-9,11-12H2,1H3. The van der Waals surface area contributed by atoms with Gasteiger partial charge in [0.25, 0.3) is 6.43 Å². The highest BCUT2D eigenvalue weighted by Crippen LogP contribution is 2.28. The smallest absolute Gasteiger partial charge is 0.272 e. The van der Waals surface area contributed by atoms with Crippen LogP contribution in [0.2, 0.25) is 0 Å². The monoisotopic (exact) mass is 405 g/mol. The van der Waals surface area contributed by atoms with E-state index in [1.165, 1.54) is 6.33 Å². The fourth-order valence-electron chi connectivity index (χ4n) is 4.04. The fraction of sp³-hybridized carbons (Fsp3) is 0.550. The van der Waals surface area contributed by atoms with E-state index in [1.54, 1.807) is 0 Å². The number of carbonyl (C=O) groups excluding carboxylic acids is 1. The van der Waals surface area contributed by atoms with Gasteiger partial charge in [-0.3, -0.25) is 9.69 Å². The van der Waals surface area contributed by atoms with Crippen LogP contribution in [0.25, 0.3) is 10.9 Å². The minimum Gasteiger partial charge on any atom is -0.471 e.